The van der Waals surface area contributed by atoms with Gasteiger partial charge < -0.3 is 4.90 Å². The smallest absolute Gasteiger partial charge is 0.0726 e. The Morgan fingerprint density at radius 1 is 0.268 bits per heavy atom. The largest absolute Gasteiger partial charge is 0.309 e. The summed E-state index contributed by atoms with van der Waals surface area (Å²) in [7, 11) is 0. The van der Waals surface area contributed by atoms with Crippen LogP contribution in [0.5, 0.6) is 0 Å². The van der Waals surface area contributed by atoms with Gasteiger partial charge in [-0.05, 0) is 79.4 Å². The molecule has 0 fully saturated rings. The Balaban J connectivity index is 1.25. The zero-order valence-electron chi connectivity index (χ0n) is 30.8. The molecule has 0 saturated heterocycles. The Morgan fingerprint density at radius 3 is 1.21 bits per heavy atom. The molecule has 0 N–H and O–H groups in total. The third-order valence-electron chi connectivity index (χ3n) is 11.9. The fourth-order valence-electron chi connectivity index (χ4n) is 9.62. The van der Waals surface area contributed by atoms with Crippen LogP contribution in [-0.2, 0) is 5.41 Å². The van der Waals surface area contributed by atoms with E-state index in [1.165, 1.54) is 77.9 Å². The first-order valence-corrected chi connectivity index (χ1v) is 19.4. The van der Waals surface area contributed by atoms with Crippen LogP contribution in [0.1, 0.15) is 22.3 Å². The summed E-state index contributed by atoms with van der Waals surface area (Å²) in [5.41, 5.74) is 20.6. The predicted molar refractivity (Wildman–Crippen MR) is 234 cm³/mol. The first kappa shape index (κ1) is 32.2. The molecule has 2 aliphatic carbocycles. The predicted octanol–water partition coefficient (Wildman–Crippen LogP) is 14.5. The second kappa shape index (κ2) is 13.0. The van der Waals surface area contributed by atoms with Crippen molar-refractivity contribution in [3.8, 4) is 55.6 Å². The molecule has 9 aromatic rings. The highest BCUT2D eigenvalue weighted by molar-refractivity contribution is 6.05. The maximum Gasteiger partial charge on any atom is 0.0726 e. The van der Waals surface area contributed by atoms with Crippen molar-refractivity contribution in [2.75, 3.05) is 4.90 Å². The molecular formula is C55H37N. The number of para-hydroxylation sites is 1. The van der Waals surface area contributed by atoms with Gasteiger partial charge in [-0.3, -0.25) is 0 Å². The monoisotopic (exact) mass is 711 g/mol. The molecule has 0 aliphatic heterocycles. The van der Waals surface area contributed by atoms with Gasteiger partial charge in [0.05, 0.1) is 16.8 Å². The van der Waals surface area contributed by atoms with E-state index in [0.717, 1.165) is 17.1 Å². The lowest BCUT2D eigenvalue weighted by molar-refractivity contribution is 0.794. The molecule has 1 heteroatoms. The summed E-state index contributed by atoms with van der Waals surface area (Å²) in [5, 5.41) is 0. The Bertz CT molecular complexity index is 2790. The van der Waals surface area contributed by atoms with Gasteiger partial charge in [0.15, 0.2) is 0 Å². The summed E-state index contributed by atoms with van der Waals surface area (Å²) in [6.07, 6.45) is 0. The van der Waals surface area contributed by atoms with E-state index in [0.29, 0.717) is 0 Å². The maximum absolute atomic E-state index is 2.54. The number of hydrogen-bond acceptors (Lipinski definition) is 1. The third-order valence-corrected chi connectivity index (χ3v) is 11.9. The molecule has 0 bridgehead atoms. The minimum Gasteiger partial charge on any atom is -0.309 e. The highest BCUT2D eigenvalue weighted by Crippen LogP contribution is 2.65. The second-order valence-corrected chi connectivity index (χ2v) is 14.8. The standard InChI is InChI=1S/C55H37N/c1-4-18-38(19-5-1)39-34-36-42(37-35-39)56(54-43(40-20-6-2-7-21-40)27-16-28-44(54)41-22-8-3-9-23-41)52-33-17-32-51-53(52)47-26-12-15-31-50(47)55(51)48-29-13-10-24-45(48)46-25-11-14-30-49(46)55/h1-37H. The first-order valence-electron chi connectivity index (χ1n) is 19.4. The molecule has 262 valence electrons. The summed E-state index contributed by atoms with van der Waals surface area (Å²) < 4.78 is 0. The fraction of sp³-hybridized carbons (Fsp3) is 0.0182. The van der Waals surface area contributed by atoms with Crippen molar-refractivity contribution < 1.29 is 0 Å². The van der Waals surface area contributed by atoms with E-state index < -0.39 is 5.41 Å². The van der Waals surface area contributed by atoms with Crippen LogP contribution in [0.3, 0.4) is 0 Å². The van der Waals surface area contributed by atoms with E-state index >= 15 is 0 Å². The van der Waals surface area contributed by atoms with Gasteiger partial charge in [-0.2, -0.15) is 0 Å². The fourth-order valence-corrected chi connectivity index (χ4v) is 9.62. The van der Waals surface area contributed by atoms with Crippen LogP contribution < -0.4 is 4.90 Å². The van der Waals surface area contributed by atoms with Crippen LogP contribution in [0.15, 0.2) is 224 Å². The van der Waals surface area contributed by atoms with Crippen molar-refractivity contribution in [3.05, 3.63) is 247 Å². The van der Waals surface area contributed by atoms with Gasteiger partial charge in [0.25, 0.3) is 0 Å². The molecular weight excluding hydrogens is 675 g/mol. The molecule has 9 aromatic carbocycles. The topological polar surface area (TPSA) is 3.24 Å². The molecule has 0 aromatic heterocycles. The lowest BCUT2D eigenvalue weighted by Crippen LogP contribution is -2.26. The summed E-state index contributed by atoms with van der Waals surface area (Å²) in [6.45, 7) is 0. The molecule has 11 rings (SSSR count). The molecule has 2 aliphatic rings. The average molecular weight is 712 g/mol. The van der Waals surface area contributed by atoms with Gasteiger partial charge in [-0.15, -0.1) is 0 Å². The van der Waals surface area contributed by atoms with Crippen molar-refractivity contribution in [2.24, 2.45) is 0 Å². The van der Waals surface area contributed by atoms with Crippen LogP contribution in [0.25, 0.3) is 55.6 Å². The Labute approximate surface area is 328 Å². The molecule has 0 heterocycles. The molecule has 0 amide bonds. The lowest BCUT2D eigenvalue weighted by Gasteiger charge is -2.33. The van der Waals surface area contributed by atoms with Crippen molar-refractivity contribution in [1.82, 2.24) is 0 Å². The van der Waals surface area contributed by atoms with Crippen LogP contribution in [0.2, 0.25) is 0 Å². The summed E-state index contributed by atoms with van der Waals surface area (Å²) in [5.74, 6) is 0. The van der Waals surface area contributed by atoms with E-state index in [4.69, 9.17) is 0 Å². The quantitative estimate of drug-likeness (QED) is 0.166. The van der Waals surface area contributed by atoms with E-state index in [1.54, 1.807) is 0 Å². The average Bonchev–Trinajstić information content (AvgIpc) is 3.76. The normalized spacial score (nSPS) is 12.8. The van der Waals surface area contributed by atoms with E-state index in [-0.39, 0.29) is 0 Å². The SMILES string of the molecule is c1ccc(-c2ccc(N(c3cccc4c3-c3ccccc3C43c4ccccc4-c4ccccc43)c3c(-c4ccccc4)cccc3-c3ccccc3)cc2)cc1. The minimum absolute atomic E-state index is 0.445. The van der Waals surface area contributed by atoms with E-state index in [9.17, 15) is 0 Å². The number of rotatable bonds is 6. The van der Waals surface area contributed by atoms with Crippen molar-refractivity contribution in [1.29, 1.82) is 0 Å². The summed E-state index contributed by atoms with van der Waals surface area (Å²) >= 11 is 0. The van der Waals surface area contributed by atoms with E-state index in [1.807, 2.05) is 0 Å². The molecule has 0 unspecified atom stereocenters. The van der Waals surface area contributed by atoms with Gasteiger partial charge in [-0.1, -0.05) is 206 Å². The van der Waals surface area contributed by atoms with Gasteiger partial charge in [0, 0.05) is 22.4 Å². The lowest BCUT2D eigenvalue weighted by atomic mass is 9.70. The molecule has 1 nitrogen and oxygen atoms in total. The molecule has 56 heavy (non-hydrogen) atoms. The molecule has 1 spiro atoms. The number of nitrogens with zero attached hydrogens (tertiary/aromatic N) is 1. The van der Waals surface area contributed by atoms with Crippen molar-refractivity contribution in [3.63, 3.8) is 0 Å². The molecule has 0 atom stereocenters. The maximum atomic E-state index is 2.54. The number of benzene rings is 9. The van der Waals surface area contributed by atoms with Crippen LogP contribution >= 0.6 is 0 Å². The zero-order chi connectivity index (χ0) is 37.1. The third kappa shape index (κ3) is 4.74. The first-order chi connectivity index (χ1) is 27.8. The van der Waals surface area contributed by atoms with Gasteiger partial charge in [-0.25, -0.2) is 0 Å². The highest BCUT2D eigenvalue weighted by Gasteiger charge is 2.52. The van der Waals surface area contributed by atoms with Crippen LogP contribution in [0, 0.1) is 0 Å². The number of fused-ring (bicyclic) bond motifs is 10. The van der Waals surface area contributed by atoms with E-state index in [2.05, 4.69) is 229 Å². The van der Waals surface area contributed by atoms with Crippen LogP contribution in [0.4, 0.5) is 17.1 Å². The summed E-state index contributed by atoms with van der Waals surface area (Å²) in [6, 6.07) is 82.5. The number of anilines is 3. The van der Waals surface area contributed by atoms with Crippen molar-refractivity contribution in [2.45, 2.75) is 5.41 Å². The van der Waals surface area contributed by atoms with Crippen LogP contribution in [-0.4, -0.2) is 0 Å². The van der Waals surface area contributed by atoms with Gasteiger partial charge in [0.2, 0.25) is 0 Å². The Morgan fingerprint density at radius 2 is 0.661 bits per heavy atom. The number of hydrogen-bond donors (Lipinski definition) is 0. The minimum atomic E-state index is -0.445. The zero-order valence-corrected chi connectivity index (χ0v) is 30.8. The molecule has 0 saturated carbocycles. The molecule has 0 radical (unpaired) electrons. The van der Waals surface area contributed by atoms with Gasteiger partial charge >= 0.3 is 0 Å². The van der Waals surface area contributed by atoms with Gasteiger partial charge in [0.1, 0.15) is 0 Å². The summed E-state index contributed by atoms with van der Waals surface area (Å²) in [4.78, 5) is 2.54. The van der Waals surface area contributed by atoms with Crippen molar-refractivity contribution >= 4 is 17.1 Å². The Hall–Kier alpha value is -7.22. The Kier molecular flexibility index (Phi) is 7.47. The highest BCUT2D eigenvalue weighted by atomic mass is 15.2. The second-order valence-electron chi connectivity index (χ2n) is 14.8.